The van der Waals surface area contributed by atoms with Gasteiger partial charge in [0.2, 0.25) is 0 Å². The van der Waals surface area contributed by atoms with Gasteiger partial charge in [0.05, 0.1) is 0 Å². The first-order valence-electron chi connectivity index (χ1n) is 7.53. The summed E-state index contributed by atoms with van der Waals surface area (Å²) < 4.78 is 5.12. The van der Waals surface area contributed by atoms with E-state index in [2.05, 4.69) is 17.2 Å². The molecule has 0 atom stereocenters. The third-order valence-electron chi connectivity index (χ3n) is 2.71. The van der Waals surface area contributed by atoms with Gasteiger partial charge < -0.3 is 15.2 Å². The second kappa shape index (κ2) is 8.84. The number of benzene rings is 1. The Kier molecular flexibility index (Phi) is 7.14. The minimum Gasteiger partial charge on any atom is -0.481 e. The Labute approximate surface area is 137 Å². The van der Waals surface area contributed by atoms with Gasteiger partial charge in [0.15, 0.2) is 0 Å². The van der Waals surface area contributed by atoms with Crippen LogP contribution in [0.2, 0.25) is 0 Å². The van der Waals surface area contributed by atoms with Crippen molar-refractivity contribution in [1.82, 2.24) is 5.32 Å². The Balaban J connectivity index is 2.40. The third-order valence-corrected chi connectivity index (χ3v) is 2.71. The molecular formula is C18H23NO4. The van der Waals surface area contributed by atoms with E-state index in [1.54, 1.807) is 0 Å². The molecule has 0 radical (unpaired) electrons. The second-order valence-electron chi connectivity index (χ2n) is 6.07. The standard InChI is InChI=1S/C18H23NO4/c1-18(2,3)23-17(22)19-12-5-4-7-14-8-6-9-15(13-14)10-11-16(20)21/h6,8-9,13H,5,10-12H2,1-3H3,(H,19,22)(H,20,21). The molecule has 0 aliphatic heterocycles. The first kappa shape index (κ1) is 18.6. The van der Waals surface area contributed by atoms with Gasteiger partial charge in [-0.15, -0.1) is 0 Å². The number of carbonyl (C=O) groups excluding carboxylic acids is 1. The molecule has 0 aliphatic carbocycles. The quantitative estimate of drug-likeness (QED) is 0.646. The Bertz CT molecular complexity index is 605. The second-order valence-corrected chi connectivity index (χ2v) is 6.07. The Morgan fingerprint density at radius 2 is 2.04 bits per heavy atom. The molecule has 0 spiro atoms. The number of aliphatic carboxylic acids is 1. The molecule has 0 unspecified atom stereocenters. The zero-order valence-corrected chi connectivity index (χ0v) is 13.8. The van der Waals surface area contributed by atoms with Crippen LogP contribution in [-0.2, 0) is 16.0 Å². The minimum atomic E-state index is -0.810. The van der Waals surface area contributed by atoms with Gasteiger partial charge in [-0.3, -0.25) is 4.79 Å². The number of nitrogens with one attached hydrogen (secondary N) is 1. The fourth-order valence-electron chi connectivity index (χ4n) is 1.76. The Morgan fingerprint density at radius 1 is 1.30 bits per heavy atom. The smallest absolute Gasteiger partial charge is 0.407 e. The van der Waals surface area contributed by atoms with Gasteiger partial charge in [0, 0.05) is 24.9 Å². The average Bonchev–Trinajstić information content (AvgIpc) is 2.43. The molecule has 0 fully saturated rings. The molecule has 1 aromatic carbocycles. The number of hydrogen-bond donors (Lipinski definition) is 2. The summed E-state index contributed by atoms with van der Waals surface area (Å²) in [5.41, 5.74) is 1.28. The van der Waals surface area contributed by atoms with E-state index < -0.39 is 17.7 Å². The summed E-state index contributed by atoms with van der Waals surface area (Å²) in [6.07, 6.45) is 0.662. The number of carboxylic acid groups (broad SMARTS) is 1. The van der Waals surface area contributed by atoms with Gasteiger partial charge in [0.25, 0.3) is 0 Å². The van der Waals surface area contributed by atoms with Crippen LogP contribution in [0.4, 0.5) is 4.79 Å². The number of aryl methyl sites for hydroxylation is 1. The van der Waals surface area contributed by atoms with E-state index >= 15 is 0 Å². The molecule has 5 nitrogen and oxygen atoms in total. The fraction of sp³-hybridized carbons (Fsp3) is 0.444. The first-order valence-corrected chi connectivity index (χ1v) is 7.53. The fourth-order valence-corrected chi connectivity index (χ4v) is 1.76. The Hall–Kier alpha value is -2.48. The summed E-state index contributed by atoms with van der Waals surface area (Å²) in [7, 11) is 0. The normalized spacial score (nSPS) is 10.4. The molecule has 2 N–H and O–H groups in total. The SMILES string of the molecule is CC(C)(C)OC(=O)NCCC#Cc1cccc(CCC(=O)O)c1. The summed E-state index contributed by atoms with van der Waals surface area (Å²) in [5.74, 6) is 5.17. The molecule has 0 aliphatic rings. The summed E-state index contributed by atoms with van der Waals surface area (Å²) in [6.45, 7) is 5.85. The molecule has 1 amide bonds. The molecule has 0 saturated heterocycles. The van der Waals surface area contributed by atoms with E-state index in [0.717, 1.165) is 11.1 Å². The zero-order chi connectivity index (χ0) is 17.3. The van der Waals surface area contributed by atoms with Crippen molar-refractivity contribution in [2.24, 2.45) is 0 Å². The van der Waals surface area contributed by atoms with Gasteiger partial charge in [-0.25, -0.2) is 4.79 Å². The van der Waals surface area contributed by atoms with E-state index in [-0.39, 0.29) is 6.42 Å². The van der Waals surface area contributed by atoms with Crippen LogP contribution in [0.25, 0.3) is 0 Å². The maximum absolute atomic E-state index is 11.4. The number of carbonyl (C=O) groups is 2. The van der Waals surface area contributed by atoms with Crippen molar-refractivity contribution >= 4 is 12.1 Å². The lowest BCUT2D eigenvalue weighted by molar-refractivity contribution is -0.136. The molecule has 0 heterocycles. The summed E-state index contributed by atoms with van der Waals surface area (Å²) in [6, 6.07) is 7.51. The molecule has 5 heteroatoms. The minimum absolute atomic E-state index is 0.108. The molecule has 0 aromatic heterocycles. The van der Waals surface area contributed by atoms with E-state index in [9.17, 15) is 9.59 Å². The average molecular weight is 317 g/mol. The lowest BCUT2D eigenvalue weighted by Gasteiger charge is -2.19. The highest BCUT2D eigenvalue weighted by molar-refractivity contribution is 5.67. The van der Waals surface area contributed by atoms with Gasteiger partial charge >= 0.3 is 12.1 Å². The molecular weight excluding hydrogens is 294 g/mol. The number of ether oxygens (including phenoxy) is 1. The number of rotatable bonds is 5. The van der Waals surface area contributed by atoms with Crippen LogP contribution in [0.15, 0.2) is 24.3 Å². The predicted molar refractivity (Wildman–Crippen MR) is 88.1 cm³/mol. The van der Waals surface area contributed by atoms with Gasteiger partial charge in [-0.05, 0) is 44.9 Å². The van der Waals surface area contributed by atoms with Crippen molar-refractivity contribution in [3.05, 3.63) is 35.4 Å². The summed E-state index contributed by atoms with van der Waals surface area (Å²) in [5, 5.41) is 11.3. The number of hydrogen-bond acceptors (Lipinski definition) is 3. The molecule has 23 heavy (non-hydrogen) atoms. The molecule has 1 aromatic rings. The van der Waals surface area contributed by atoms with Crippen LogP contribution >= 0.6 is 0 Å². The lowest BCUT2D eigenvalue weighted by atomic mass is 10.1. The van der Waals surface area contributed by atoms with Crippen molar-refractivity contribution in [1.29, 1.82) is 0 Å². The van der Waals surface area contributed by atoms with Gasteiger partial charge in [-0.1, -0.05) is 24.0 Å². The van der Waals surface area contributed by atoms with Crippen molar-refractivity contribution < 1.29 is 19.4 Å². The molecule has 0 saturated carbocycles. The molecule has 0 bridgehead atoms. The monoisotopic (exact) mass is 317 g/mol. The largest absolute Gasteiger partial charge is 0.481 e. The van der Waals surface area contributed by atoms with Crippen molar-refractivity contribution in [3.8, 4) is 11.8 Å². The van der Waals surface area contributed by atoms with Gasteiger partial charge in [-0.2, -0.15) is 0 Å². The van der Waals surface area contributed by atoms with E-state index in [1.807, 2.05) is 45.0 Å². The molecule has 1 rings (SSSR count). The van der Waals surface area contributed by atoms with Crippen LogP contribution in [0.5, 0.6) is 0 Å². The van der Waals surface area contributed by atoms with Crippen LogP contribution in [0.3, 0.4) is 0 Å². The van der Waals surface area contributed by atoms with E-state index in [4.69, 9.17) is 9.84 Å². The van der Waals surface area contributed by atoms with Crippen molar-refractivity contribution in [2.75, 3.05) is 6.54 Å². The van der Waals surface area contributed by atoms with Gasteiger partial charge in [0.1, 0.15) is 5.60 Å². The number of alkyl carbamates (subject to hydrolysis) is 1. The van der Waals surface area contributed by atoms with Crippen LogP contribution in [0, 0.1) is 11.8 Å². The van der Waals surface area contributed by atoms with Crippen LogP contribution in [0.1, 0.15) is 44.7 Å². The predicted octanol–water partition coefficient (Wildman–Crippen LogP) is 2.97. The third kappa shape index (κ3) is 9.20. The van der Waals surface area contributed by atoms with Crippen molar-refractivity contribution in [3.63, 3.8) is 0 Å². The Morgan fingerprint density at radius 3 is 2.70 bits per heavy atom. The van der Waals surface area contributed by atoms with Crippen molar-refractivity contribution in [2.45, 2.75) is 45.6 Å². The summed E-state index contributed by atoms with van der Waals surface area (Å²) >= 11 is 0. The first-order chi connectivity index (χ1) is 10.8. The maximum Gasteiger partial charge on any atom is 0.407 e. The maximum atomic E-state index is 11.4. The highest BCUT2D eigenvalue weighted by Crippen LogP contribution is 2.07. The van der Waals surface area contributed by atoms with E-state index in [0.29, 0.717) is 19.4 Å². The summed E-state index contributed by atoms with van der Waals surface area (Å²) in [4.78, 5) is 22.0. The van der Waals surface area contributed by atoms with Crippen LogP contribution < -0.4 is 5.32 Å². The highest BCUT2D eigenvalue weighted by Gasteiger charge is 2.15. The zero-order valence-electron chi connectivity index (χ0n) is 13.8. The van der Waals surface area contributed by atoms with Crippen LogP contribution in [-0.4, -0.2) is 29.3 Å². The highest BCUT2D eigenvalue weighted by atomic mass is 16.6. The number of carboxylic acids is 1. The molecule has 124 valence electrons. The topological polar surface area (TPSA) is 75.6 Å². The lowest BCUT2D eigenvalue weighted by Crippen LogP contribution is -2.32. The number of amides is 1. The van der Waals surface area contributed by atoms with E-state index in [1.165, 1.54) is 0 Å².